The quantitative estimate of drug-likeness (QED) is 0.784. The first-order chi connectivity index (χ1) is 9.61. The lowest BCUT2D eigenvalue weighted by Gasteiger charge is -2.48. The predicted octanol–water partition coefficient (Wildman–Crippen LogP) is 2.53. The maximum Gasteiger partial charge on any atom is 0.131 e. The summed E-state index contributed by atoms with van der Waals surface area (Å²) in [7, 11) is 2.04. The molecule has 0 N–H and O–H groups in total. The number of piperidine rings is 1. The number of halogens is 1. The van der Waals surface area contributed by atoms with E-state index in [0.29, 0.717) is 18.0 Å². The summed E-state index contributed by atoms with van der Waals surface area (Å²) < 4.78 is 2.02. The molecule has 0 amide bonds. The lowest BCUT2D eigenvalue weighted by molar-refractivity contribution is 0.115. The van der Waals surface area contributed by atoms with Crippen LogP contribution in [0.5, 0.6) is 0 Å². The van der Waals surface area contributed by atoms with E-state index in [2.05, 4.69) is 28.7 Å². The third-order valence-electron chi connectivity index (χ3n) is 4.91. The minimum atomic E-state index is 0.529. The van der Waals surface area contributed by atoms with E-state index < -0.39 is 0 Å². The summed E-state index contributed by atoms with van der Waals surface area (Å²) >= 11 is 6.16. The van der Waals surface area contributed by atoms with Gasteiger partial charge in [-0.2, -0.15) is 5.10 Å². The molecule has 1 aromatic rings. The maximum absolute atomic E-state index is 6.16. The van der Waals surface area contributed by atoms with Crippen molar-refractivity contribution in [3.8, 4) is 0 Å². The number of anilines is 1. The number of alkyl halides is 1. The van der Waals surface area contributed by atoms with Crippen molar-refractivity contribution >= 4 is 17.4 Å². The molecule has 112 valence electrons. The van der Waals surface area contributed by atoms with Gasteiger partial charge in [0.2, 0.25) is 0 Å². The lowest BCUT2D eigenvalue weighted by Crippen LogP contribution is -2.59. The molecule has 2 unspecified atom stereocenters. The molecule has 2 aliphatic heterocycles. The maximum atomic E-state index is 6.16. The normalized spacial score (nSPS) is 27.7. The van der Waals surface area contributed by atoms with Crippen molar-refractivity contribution in [2.45, 2.75) is 51.1 Å². The van der Waals surface area contributed by atoms with Crippen LogP contribution in [-0.4, -0.2) is 46.4 Å². The van der Waals surface area contributed by atoms with Gasteiger partial charge in [0.05, 0.1) is 11.6 Å². The van der Waals surface area contributed by atoms with Crippen LogP contribution < -0.4 is 4.90 Å². The van der Waals surface area contributed by atoms with Crippen molar-refractivity contribution < 1.29 is 0 Å². The summed E-state index contributed by atoms with van der Waals surface area (Å²) in [4.78, 5) is 5.21. The average Bonchev–Trinajstić information content (AvgIpc) is 2.72. The molecule has 3 rings (SSSR count). The molecule has 3 heterocycles. The van der Waals surface area contributed by atoms with Crippen LogP contribution in [0.3, 0.4) is 0 Å². The van der Waals surface area contributed by atoms with Gasteiger partial charge < -0.3 is 4.90 Å². The van der Waals surface area contributed by atoms with Crippen LogP contribution in [0.4, 0.5) is 5.82 Å². The zero-order valence-electron chi connectivity index (χ0n) is 12.8. The Bertz CT molecular complexity index is 484. The number of aromatic nitrogens is 2. The second kappa shape index (κ2) is 5.57. The zero-order valence-corrected chi connectivity index (χ0v) is 13.5. The molecule has 0 aliphatic carbocycles. The van der Waals surface area contributed by atoms with Crippen molar-refractivity contribution in [1.82, 2.24) is 14.7 Å². The van der Waals surface area contributed by atoms with Crippen LogP contribution in [0, 0.1) is 6.92 Å². The third kappa shape index (κ3) is 2.33. The van der Waals surface area contributed by atoms with Crippen molar-refractivity contribution in [3.63, 3.8) is 0 Å². The molecule has 0 saturated carbocycles. The van der Waals surface area contributed by atoms with Crippen LogP contribution in [0.1, 0.15) is 37.4 Å². The van der Waals surface area contributed by atoms with Crippen LogP contribution >= 0.6 is 11.6 Å². The molecule has 20 heavy (non-hydrogen) atoms. The van der Waals surface area contributed by atoms with Crippen molar-refractivity contribution in [3.05, 3.63) is 11.3 Å². The zero-order chi connectivity index (χ0) is 14.3. The standard InChI is InChI=1S/C15H25ClN4/c1-11-9-19-7-5-4-6-13(19)10-20(11)15-14(8-16)12(2)17-18(15)3/h11,13H,4-10H2,1-3H3. The second-order valence-electron chi connectivity index (χ2n) is 6.29. The van der Waals surface area contributed by atoms with Crippen molar-refractivity contribution in [2.24, 2.45) is 7.05 Å². The highest BCUT2D eigenvalue weighted by atomic mass is 35.5. The fourth-order valence-electron chi connectivity index (χ4n) is 3.85. The molecule has 4 nitrogen and oxygen atoms in total. The summed E-state index contributed by atoms with van der Waals surface area (Å²) in [6.07, 6.45) is 4.06. The Hall–Kier alpha value is -0.740. The number of hydrogen-bond donors (Lipinski definition) is 0. The van der Waals surface area contributed by atoms with Crippen molar-refractivity contribution in [2.75, 3.05) is 24.5 Å². The summed E-state index contributed by atoms with van der Waals surface area (Å²) in [5, 5.41) is 4.57. The Morgan fingerprint density at radius 2 is 2.10 bits per heavy atom. The summed E-state index contributed by atoms with van der Waals surface area (Å²) in [6.45, 7) is 7.93. The Morgan fingerprint density at radius 1 is 1.30 bits per heavy atom. The topological polar surface area (TPSA) is 24.3 Å². The number of aryl methyl sites for hydroxylation is 2. The van der Waals surface area contributed by atoms with E-state index in [-0.39, 0.29) is 0 Å². The van der Waals surface area contributed by atoms with E-state index in [1.54, 1.807) is 0 Å². The minimum Gasteiger partial charge on any atom is -0.351 e. The van der Waals surface area contributed by atoms with Gasteiger partial charge in [0.15, 0.2) is 0 Å². The molecule has 1 aromatic heterocycles. The molecule has 5 heteroatoms. The minimum absolute atomic E-state index is 0.529. The van der Waals surface area contributed by atoms with E-state index in [9.17, 15) is 0 Å². The second-order valence-corrected chi connectivity index (χ2v) is 6.56. The molecule has 0 aromatic carbocycles. The highest BCUT2D eigenvalue weighted by Gasteiger charge is 2.35. The first kappa shape index (κ1) is 14.2. The molecule has 2 saturated heterocycles. The van der Waals surface area contributed by atoms with E-state index in [4.69, 9.17) is 11.6 Å². The molecule has 0 spiro atoms. The number of piperazine rings is 1. The van der Waals surface area contributed by atoms with Gasteiger partial charge in [-0.05, 0) is 33.2 Å². The van der Waals surface area contributed by atoms with Gasteiger partial charge in [-0.1, -0.05) is 6.42 Å². The van der Waals surface area contributed by atoms with Crippen LogP contribution in [0.2, 0.25) is 0 Å². The van der Waals surface area contributed by atoms with Gasteiger partial charge in [0.1, 0.15) is 5.82 Å². The highest BCUT2D eigenvalue weighted by Crippen LogP contribution is 2.31. The van der Waals surface area contributed by atoms with E-state index in [1.807, 2.05) is 11.7 Å². The smallest absolute Gasteiger partial charge is 0.131 e. The Balaban J connectivity index is 1.89. The van der Waals surface area contributed by atoms with Gasteiger partial charge in [-0.15, -0.1) is 11.6 Å². The highest BCUT2D eigenvalue weighted by molar-refractivity contribution is 6.17. The van der Waals surface area contributed by atoms with Crippen LogP contribution in [-0.2, 0) is 12.9 Å². The Morgan fingerprint density at radius 3 is 2.85 bits per heavy atom. The number of rotatable bonds is 2. The molecular formula is C15H25ClN4. The summed E-state index contributed by atoms with van der Waals surface area (Å²) in [5.41, 5.74) is 2.26. The average molecular weight is 297 g/mol. The third-order valence-corrected chi connectivity index (χ3v) is 5.17. The first-order valence-corrected chi connectivity index (χ1v) is 8.24. The molecule has 2 fully saturated rings. The number of hydrogen-bond acceptors (Lipinski definition) is 3. The predicted molar refractivity (Wildman–Crippen MR) is 83.5 cm³/mol. The fourth-order valence-corrected chi connectivity index (χ4v) is 4.17. The number of nitrogens with zero attached hydrogens (tertiary/aromatic N) is 4. The molecular weight excluding hydrogens is 272 g/mol. The molecule has 2 atom stereocenters. The van der Waals surface area contributed by atoms with Gasteiger partial charge in [0.25, 0.3) is 0 Å². The molecule has 0 radical (unpaired) electrons. The molecule has 0 bridgehead atoms. The largest absolute Gasteiger partial charge is 0.351 e. The SMILES string of the molecule is Cc1nn(C)c(N2CC3CCCCN3CC2C)c1CCl. The molecule has 2 aliphatic rings. The summed E-state index contributed by atoms with van der Waals surface area (Å²) in [6, 6.07) is 1.24. The van der Waals surface area contributed by atoms with Crippen molar-refractivity contribution in [1.29, 1.82) is 0 Å². The Labute approximate surface area is 126 Å². The van der Waals surface area contributed by atoms with Gasteiger partial charge in [-0.3, -0.25) is 9.58 Å². The van der Waals surface area contributed by atoms with Crippen LogP contribution in [0.15, 0.2) is 0 Å². The van der Waals surface area contributed by atoms with Gasteiger partial charge in [-0.25, -0.2) is 0 Å². The van der Waals surface area contributed by atoms with Gasteiger partial charge in [0, 0.05) is 37.8 Å². The monoisotopic (exact) mass is 296 g/mol. The Kier molecular flexibility index (Phi) is 3.95. The van der Waals surface area contributed by atoms with Gasteiger partial charge >= 0.3 is 0 Å². The lowest BCUT2D eigenvalue weighted by atomic mass is 9.97. The first-order valence-electron chi connectivity index (χ1n) is 7.71. The van der Waals surface area contributed by atoms with E-state index >= 15 is 0 Å². The summed E-state index contributed by atoms with van der Waals surface area (Å²) in [5.74, 6) is 1.78. The number of fused-ring (bicyclic) bond motifs is 1. The van der Waals surface area contributed by atoms with Crippen LogP contribution in [0.25, 0.3) is 0 Å². The van der Waals surface area contributed by atoms with E-state index in [0.717, 1.165) is 18.8 Å². The van der Waals surface area contributed by atoms with E-state index in [1.165, 1.54) is 37.2 Å². The fraction of sp³-hybridized carbons (Fsp3) is 0.800.